The molecule has 2 fully saturated rings. The van der Waals surface area contributed by atoms with Crippen molar-refractivity contribution in [1.29, 1.82) is 0 Å². The van der Waals surface area contributed by atoms with Crippen molar-refractivity contribution >= 4 is 5.91 Å². The van der Waals surface area contributed by atoms with Crippen LogP contribution in [0.5, 0.6) is 0 Å². The molecular formula is C17H30N6O. The number of amides is 1. The molecule has 1 atom stereocenters. The minimum Gasteiger partial charge on any atom is -0.349 e. The van der Waals surface area contributed by atoms with Gasteiger partial charge in [-0.3, -0.25) is 9.69 Å². The molecule has 2 aliphatic rings. The molecule has 2 saturated heterocycles. The third kappa shape index (κ3) is 3.95. The van der Waals surface area contributed by atoms with Crippen LogP contribution in [0.3, 0.4) is 0 Å². The highest BCUT2D eigenvalue weighted by Gasteiger charge is 2.23. The maximum absolute atomic E-state index is 12.4. The molecule has 2 aliphatic heterocycles. The Morgan fingerprint density at radius 1 is 1.29 bits per heavy atom. The average molecular weight is 334 g/mol. The molecule has 0 unspecified atom stereocenters. The predicted octanol–water partition coefficient (Wildman–Crippen LogP) is 1.12. The molecule has 1 aromatic rings. The molecule has 1 aromatic heterocycles. The number of nitrogens with zero attached hydrogens (tertiary/aromatic N) is 4. The van der Waals surface area contributed by atoms with Crippen LogP contribution < -0.4 is 10.6 Å². The fraction of sp³-hybridized carbons (Fsp3) is 0.824. The van der Waals surface area contributed by atoms with Crippen LogP contribution in [-0.2, 0) is 0 Å². The predicted molar refractivity (Wildman–Crippen MR) is 93.1 cm³/mol. The van der Waals surface area contributed by atoms with Gasteiger partial charge in [0.25, 0.3) is 5.91 Å². The van der Waals surface area contributed by atoms with Gasteiger partial charge in [-0.05, 0) is 59.2 Å². The monoisotopic (exact) mass is 334 g/mol. The Hall–Kier alpha value is -1.47. The molecule has 7 heteroatoms. The number of likely N-dealkylation sites (tertiary alicyclic amines) is 1. The van der Waals surface area contributed by atoms with Crippen molar-refractivity contribution in [2.45, 2.75) is 58.0 Å². The molecular weight excluding hydrogens is 304 g/mol. The number of hydrogen-bond acceptors (Lipinski definition) is 5. The van der Waals surface area contributed by atoms with Crippen LogP contribution in [0.4, 0.5) is 0 Å². The van der Waals surface area contributed by atoms with E-state index < -0.39 is 0 Å². The van der Waals surface area contributed by atoms with Crippen LogP contribution in [0, 0.1) is 6.92 Å². The molecule has 1 amide bonds. The van der Waals surface area contributed by atoms with E-state index in [-0.39, 0.29) is 5.91 Å². The Bertz CT molecular complexity index is 551. The molecule has 0 radical (unpaired) electrons. The molecule has 3 rings (SSSR count). The molecule has 0 aromatic carbocycles. The first-order chi connectivity index (χ1) is 11.7. The van der Waals surface area contributed by atoms with E-state index in [1.165, 1.54) is 19.3 Å². The number of carbonyl (C=O) groups excluding carboxylic acids is 1. The van der Waals surface area contributed by atoms with E-state index in [1.54, 1.807) is 0 Å². The van der Waals surface area contributed by atoms with Crippen LogP contribution >= 0.6 is 0 Å². The van der Waals surface area contributed by atoms with E-state index in [1.807, 2.05) is 11.6 Å². The maximum atomic E-state index is 12.4. The van der Waals surface area contributed by atoms with Gasteiger partial charge in [-0.15, -0.1) is 5.10 Å². The van der Waals surface area contributed by atoms with Gasteiger partial charge in [0.15, 0.2) is 5.69 Å². The first-order valence-corrected chi connectivity index (χ1v) is 9.31. The summed E-state index contributed by atoms with van der Waals surface area (Å²) in [7, 11) is 0. The van der Waals surface area contributed by atoms with Gasteiger partial charge in [-0.2, -0.15) is 0 Å². The Balaban J connectivity index is 1.52. The molecule has 2 N–H and O–H groups in total. The molecule has 0 bridgehead atoms. The van der Waals surface area contributed by atoms with Crippen molar-refractivity contribution in [2.24, 2.45) is 0 Å². The van der Waals surface area contributed by atoms with Gasteiger partial charge >= 0.3 is 0 Å². The first kappa shape index (κ1) is 17.4. The largest absolute Gasteiger partial charge is 0.349 e. The van der Waals surface area contributed by atoms with Crippen molar-refractivity contribution in [3.05, 3.63) is 11.4 Å². The van der Waals surface area contributed by atoms with E-state index in [0.29, 0.717) is 24.3 Å². The second kappa shape index (κ2) is 8.07. The summed E-state index contributed by atoms with van der Waals surface area (Å²) in [5.74, 6) is -0.0997. The summed E-state index contributed by atoms with van der Waals surface area (Å²) in [5.41, 5.74) is 1.35. The SMILES string of the molecule is Cc1c(C(=O)NCCN2CCCC[C@@H]2C)nnn1C1CCNCC1. The zero-order valence-corrected chi connectivity index (χ0v) is 14.9. The number of rotatable bonds is 5. The minimum absolute atomic E-state index is 0.0997. The van der Waals surface area contributed by atoms with Crippen molar-refractivity contribution in [3.63, 3.8) is 0 Å². The van der Waals surface area contributed by atoms with E-state index in [4.69, 9.17) is 0 Å². The highest BCUT2D eigenvalue weighted by molar-refractivity contribution is 5.93. The molecule has 0 aliphatic carbocycles. The van der Waals surface area contributed by atoms with E-state index in [9.17, 15) is 4.79 Å². The van der Waals surface area contributed by atoms with Gasteiger partial charge in [0.2, 0.25) is 0 Å². The third-order valence-electron chi connectivity index (χ3n) is 5.42. The summed E-state index contributed by atoms with van der Waals surface area (Å²) in [6.45, 7) is 8.94. The average Bonchev–Trinajstić information content (AvgIpc) is 2.99. The van der Waals surface area contributed by atoms with Crippen molar-refractivity contribution in [1.82, 2.24) is 30.5 Å². The van der Waals surface area contributed by atoms with E-state index in [0.717, 1.165) is 44.7 Å². The fourth-order valence-corrected chi connectivity index (χ4v) is 3.84. The Morgan fingerprint density at radius 2 is 2.08 bits per heavy atom. The second-order valence-corrected chi connectivity index (χ2v) is 7.09. The smallest absolute Gasteiger partial charge is 0.273 e. The van der Waals surface area contributed by atoms with Crippen LogP contribution in [0.25, 0.3) is 0 Å². The third-order valence-corrected chi connectivity index (χ3v) is 5.42. The van der Waals surface area contributed by atoms with Gasteiger partial charge in [0.05, 0.1) is 11.7 Å². The van der Waals surface area contributed by atoms with Gasteiger partial charge in [-0.1, -0.05) is 11.6 Å². The maximum Gasteiger partial charge on any atom is 0.273 e. The van der Waals surface area contributed by atoms with Crippen LogP contribution in [0.2, 0.25) is 0 Å². The highest BCUT2D eigenvalue weighted by Crippen LogP contribution is 2.20. The normalized spacial score (nSPS) is 23.3. The van der Waals surface area contributed by atoms with E-state index >= 15 is 0 Å². The molecule has 7 nitrogen and oxygen atoms in total. The fourth-order valence-electron chi connectivity index (χ4n) is 3.84. The quantitative estimate of drug-likeness (QED) is 0.844. The zero-order valence-electron chi connectivity index (χ0n) is 14.9. The molecule has 0 saturated carbocycles. The van der Waals surface area contributed by atoms with Crippen molar-refractivity contribution in [2.75, 3.05) is 32.7 Å². The summed E-state index contributed by atoms with van der Waals surface area (Å²) in [6, 6.07) is 0.979. The lowest BCUT2D eigenvalue weighted by atomic mass is 10.0. The molecule has 134 valence electrons. The topological polar surface area (TPSA) is 75.1 Å². The molecule has 24 heavy (non-hydrogen) atoms. The van der Waals surface area contributed by atoms with Gasteiger partial charge < -0.3 is 10.6 Å². The number of aromatic nitrogens is 3. The second-order valence-electron chi connectivity index (χ2n) is 7.09. The summed E-state index contributed by atoms with van der Waals surface area (Å²) < 4.78 is 1.93. The number of carbonyl (C=O) groups is 1. The van der Waals surface area contributed by atoms with E-state index in [2.05, 4.69) is 32.8 Å². The minimum atomic E-state index is -0.0997. The van der Waals surface area contributed by atoms with Gasteiger partial charge in [-0.25, -0.2) is 4.68 Å². The number of hydrogen-bond donors (Lipinski definition) is 2. The summed E-state index contributed by atoms with van der Waals surface area (Å²) in [6.07, 6.45) is 5.93. The lowest BCUT2D eigenvalue weighted by molar-refractivity contribution is 0.0932. The highest BCUT2D eigenvalue weighted by atomic mass is 16.2. The van der Waals surface area contributed by atoms with Crippen LogP contribution in [0.15, 0.2) is 0 Å². The lowest BCUT2D eigenvalue weighted by Crippen LogP contribution is -2.42. The van der Waals surface area contributed by atoms with Crippen LogP contribution in [0.1, 0.15) is 61.3 Å². The number of piperidine rings is 2. The standard InChI is InChI=1S/C17H30N6O/c1-13-5-3-4-11-22(13)12-10-19-17(24)16-14(2)23(21-20-16)15-6-8-18-9-7-15/h13,15,18H,3-12H2,1-2H3,(H,19,24)/t13-/m0/s1. The Kier molecular flexibility index (Phi) is 5.84. The lowest BCUT2D eigenvalue weighted by Gasteiger charge is -2.33. The Labute approximate surface area is 144 Å². The number of nitrogens with one attached hydrogen (secondary N) is 2. The summed E-state index contributed by atoms with van der Waals surface area (Å²) >= 11 is 0. The zero-order chi connectivity index (χ0) is 16.9. The first-order valence-electron chi connectivity index (χ1n) is 9.31. The Morgan fingerprint density at radius 3 is 2.83 bits per heavy atom. The molecule has 3 heterocycles. The summed E-state index contributed by atoms with van der Waals surface area (Å²) in [4.78, 5) is 14.9. The van der Waals surface area contributed by atoms with Crippen molar-refractivity contribution in [3.8, 4) is 0 Å². The van der Waals surface area contributed by atoms with Gasteiger partial charge in [0, 0.05) is 19.1 Å². The van der Waals surface area contributed by atoms with Crippen molar-refractivity contribution < 1.29 is 4.79 Å². The van der Waals surface area contributed by atoms with Crippen LogP contribution in [-0.4, -0.2) is 64.6 Å². The molecule has 0 spiro atoms. The van der Waals surface area contributed by atoms with Gasteiger partial charge in [0.1, 0.15) is 0 Å². The summed E-state index contributed by atoms with van der Waals surface area (Å²) in [5, 5.41) is 14.7.